The quantitative estimate of drug-likeness (QED) is 0.697. The number of piperidine rings is 1. The number of aryl methyl sites for hydroxylation is 2. The number of carbonyl (C=O) groups excluding carboxylic acids is 1. The summed E-state index contributed by atoms with van der Waals surface area (Å²) in [4.78, 5) is 27.6. The molecule has 3 aromatic rings. The Morgan fingerprint density at radius 2 is 2.04 bits per heavy atom. The molecule has 1 aliphatic rings. The molecule has 0 radical (unpaired) electrons. The molecule has 1 aliphatic heterocycles. The Morgan fingerprint density at radius 1 is 1.22 bits per heavy atom. The van der Waals surface area contributed by atoms with Crippen LogP contribution in [0.4, 0.5) is 0 Å². The molecule has 3 aromatic heterocycles. The molecule has 4 heterocycles. The molecule has 0 spiro atoms. The molecule has 4 rings (SSSR count). The minimum atomic E-state index is -0.229. The number of hydrogen-bond donors (Lipinski definition) is 0. The summed E-state index contributed by atoms with van der Waals surface area (Å²) in [5, 5.41) is 8.58. The van der Waals surface area contributed by atoms with Gasteiger partial charge in [0.2, 0.25) is 0 Å². The molecule has 7 heteroatoms. The van der Waals surface area contributed by atoms with Crippen molar-refractivity contribution < 1.29 is 4.79 Å². The Morgan fingerprint density at radius 3 is 2.85 bits per heavy atom. The summed E-state index contributed by atoms with van der Waals surface area (Å²) < 4.78 is 3.52. The zero-order valence-electron chi connectivity index (χ0n) is 15.8. The minimum absolute atomic E-state index is 0.106. The van der Waals surface area contributed by atoms with Crippen molar-refractivity contribution in [2.45, 2.75) is 32.6 Å². The van der Waals surface area contributed by atoms with Crippen LogP contribution in [0.5, 0.6) is 0 Å². The molecule has 1 fully saturated rings. The van der Waals surface area contributed by atoms with Crippen LogP contribution in [0.1, 0.15) is 46.2 Å². The van der Waals surface area contributed by atoms with E-state index in [1.54, 1.807) is 11.9 Å². The van der Waals surface area contributed by atoms with E-state index in [4.69, 9.17) is 0 Å². The second kappa shape index (κ2) is 6.64. The summed E-state index contributed by atoms with van der Waals surface area (Å²) in [6.07, 6.45) is 3.78. The number of aromatic nitrogens is 4. The van der Waals surface area contributed by atoms with Crippen LogP contribution in [0.25, 0.3) is 5.65 Å². The van der Waals surface area contributed by atoms with Gasteiger partial charge in [0.05, 0.1) is 0 Å². The van der Waals surface area contributed by atoms with E-state index in [9.17, 15) is 9.59 Å². The van der Waals surface area contributed by atoms with Crippen molar-refractivity contribution in [3.8, 4) is 0 Å². The lowest BCUT2D eigenvalue weighted by atomic mass is 9.96. The summed E-state index contributed by atoms with van der Waals surface area (Å²) in [5.74, 6) is 0.790. The van der Waals surface area contributed by atoms with E-state index in [0.717, 1.165) is 35.6 Å². The predicted molar refractivity (Wildman–Crippen MR) is 102 cm³/mol. The lowest BCUT2D eigenvalue weighted by molar-refractivity contribution is 0.0701. The van der Waals surface area contributed by atoms with Gasteiger partial charge in [-0.15, -0.1) is 10.2 Å². The first-order valence-corrected chi connectivity index (χ1v) is 9.23. The topological polar surface area (TPSA) is 72.5 Å². The van der Waals surface area contributed by atoms with E-state index in [-0.39, 0.29) is 22.9 Å². The van der Waals surface area contributed by atoms with E-state index in [2.05, 4.69) is 10.2 Å². The van der Waals surface area contributed by atoms with Crippen molar-refractivity contribution in [1.82, 2.24) is 24.1 Å². The fourth-order valence-corrected chi connectivity index (χ4v) is 3.91. The highest BCUT2D eigenvalue weighted by atomic mass is 16.2. The fraction of sp³-hybridized carbons (Fsp3) is 0.400. The van der Waals surface area contributed by atoms with Gasteiger partial charge in [-0.1, -0.05) is 6.07 Å². The SMILES string of the molecule is Cc1cc(C)n(C)c(=O)c1C(=O)N1CCCC(c2nnc3ccccn23)C1. The van der Waals surface area contributed by atoms with E-state index < -0.39 is 0 Å². The normalized spacial score (nSPS) is 17.4. The number of nitrogens with zero attached hydrogens (tertiary/aromatic N) is 5. The molecule has 1 unspecified atom stereocenters. The number of amides is 1. The summed E-state index contributed by atoms with van der Waals surface area (Å²) >= 11 is 0. The van der Waals surface area contributed by atoms with Gasteiger partial charge in [0.15, 0.2) is 5.65 Å². The largest absolute Gasteiger partial charge is 0.338 e. The molecular formula is C20H23N5O2. The number of rotatable bonds is 2. The molecule has 7 nitrogen and oxygen atoms in total. The average molecular weight is 365 g/mol. The third-order valence-electron chi connectivity index (χ3n) is 5.50. The van der Waals surface area contributed by atoms with Gasteiger partial charge in [-0.05, 0) is 50.5 Å². The van der Waals surface area contributed by atoms with E-state index in [0.29, 0.717) is 13.1 Å². The monoisotopic (exact) mass is 365 g/mol. The molecule has 140 valence electrons. The molecule has 0 aliphatic carbocycles. The van der Waals surface area contributed by atoms with Crippen molar-refractivity contribution >= 4 is 11.6 Å². The highest BCUT2D eigenvalue weighted by Gasteiger charge is 2.30. The van der Waals surface area contributed by atoms with Gasteiger partial charge < -0.3 is 9.47 Å². The van der Waals surface area contributed by atoms with E-state index >= 15 is 0 Å². The number of likely N-dealkylation sites (tertiary alicyclic amines) is 1. The molecule has 1 atom stereocenters. The minimum Gasteiger partial charge on any atom is -0.338 e. The number of hydrogen-bond acceptors (Lipinski definition) is 4. The highest BCUT2D eigenvalue weighted by Crippen LogP contribution is 2.27. The first kappa shape index (κ1) is 17.5. The maximum absolute atomic E-state index is 13.2. The van der Waals surface area contributed by atoms with Crippen LogP contribution >= 0.6 is 0 Å². The van der Waals surface area contributed by atoms with Crippen LogP contribution in [-0.2, 0) is 7.05 Å². The van der Waals surface area contributed by atoms with Gasteiger partial charge in [0, 0.05) is 37.9 Å². The van der Waals surface area contributed by atoms with Gasteiger partial charge in [-0.2, -0.15) is 0 Å². The van der Waals surface area contributed by atoms with Crippen LogP contribution in [0.2, 0.25) is 0 Å². The van der Waals surface area contributed by atoms with Gasteiger partial charge in [-0.25, -0.2) is 0 Å². The van der Waals surface area contributed by atoms with Crippen LogP contribution in [0.3, 0.4) is 0 Å². The average Bonchev–Trinajstić information content (AvgIpc) is 3.10. The van der Waals surface area contributed by atoms with Gasteiger partial charge in [0.1, 0.15) is 11.4 Å². The molecule has 0 aromatic carbocycles. The fourth-order valence-electron chi connectivity index (χ4n) is 3.91. The standard InChI is InChI=1S/C20H23N5O2/c1-13-11-14(2)23(3)19(26)17(13)20(27)24-9-6-7-15(12-24)18-22-21-16-8-4-5-10-25(16)18/h4-5,8,10-11,15H,6-7,9,12H2,1-3H3. The van der Waals surface area contributed by atoms with Crippen molar-refractivity contribution in [2.75, 3.05) is 13.1 Å². The molecule has 27 heavy (non-hydrogen) atoms. The predicted octanol–water partition coefficient (Wildman–Crippen LogP) is 2.06. The maximum atomic E-state index is 13.2. The Hall–Kier alpha value is -2.96. The molecular weight excluding hydrogens is 342 g/mol. The van der Waals surface area contributed by atoms with Crippen LogP contribution in [0, 0.1) is 13.8 Å². The van der Waals surface area contributed by atoms with Gasteiger partial charge in [-0.3, -0.25) is 14.0 Å². The van der Waals surface area contributed by atoms with Crippen LogP contribution in [-0.4, -0.2) is 43.1 Å². The number of pyridine rings is 2. The molecule has 0 bridgehead atoms. The third kappa shape index (κ3) is 2.93. The molecule has 1 amide bonds. The first-order valence-electron chi connectivity index (χ1n) is 9.23. The summed E-state index contributed by atoms with van der Waals surface area (Å²) in [6, 6.07) is 7.69. The second-order valence-corrected chi connectivity index (χ2v) is 7.29. The summed E-state index contributed by atoms with van der Waals surface area (Å²) in [7, 11) is 1.70. The summed E-state index contributed by atoms with van der Waals surface area (Å²) in [5.41, 5.74) is 2.43. The number of carbonyl (C=O) groups is 1. The highest BCUT2D eigenvalue weighted by molar-refractivity contribution is 5.95. The second-order valence-electron chi connectivity index (χ2n) is 7.29. The Kier molecular flexibility index (Phi) is 4.30. The number of fused-ring (bicyclic) bond motifs is 1. The zero-order valence-corrected chi connectivity index (χ0v) is 15.8. The van der Waals surface area contributed by atoms with Crippen LogP contribution in [0.15, 0.2) is 35.3 Å². The molecule has 1 saturated heterocycles. The van der Waals surface area contributed by atoms with Crippen molar-refractivity contribution in [1.29, 1.82) is 0 Å². The third-order valence-corrected chi connectivity index (χ3v) is 5.50. The van der Waals surface area contributed by atoms with Gasteiger partial charge in [0.25, 0.3) is 11.5 Å². The van der Waals surface area contributed by atoms with Crippen molar-refractivity contribution in [3.05, 3.63) is 63.5 Å². The van der Waals surface area contributed by atoms with Crippen LogP contribution < -0.4 is 5.56 Å². The Labute approximate surface area is 157 Å². The van der Waals surface area contributed by atoms with Crippen molar-refractivity contribution in [2.24, 2.45) is 7.05 Å². The summed E-state index contributed by atoms with van der Waals surface area (Å²) in [6.45, 7) is 4.90. The molecule has 0 N–H and O–H groups in total. The lowest BCUT2D eigenvalue weighted by Gasteiger charge is -2.32. The Balaban J connectivity index is 1.65. The lowest BCUT2D eigenvalue weighted by Crippen LogP contribution is -2.42. The van der Waals surface area contributed by atoms with Gasteiger partial charge >= 0.3 is 0 Å². The van der Waals surface area contributed by atoms with E-state index in [1.165, 1.54) is 4.57 Å². The zero-order chi connectivity index (χ0) is 19.1. The maximum Gasteiger partial charge on any atom is 0.263 e. The Bertz CT molecular complexity index is 1080. The smallest absolute Gasteiger partial charge is 0.263 e. The van der Waals surface area contributed by atoms with E-state index in [1.807, 2.05) is 48.7 Å². The molecule has 0 saturated carbocycles. The first-order chi connectivity index (χ1) is 13.0. The van der Waals surface area contributed by atoms with Crippen molar-refractivity contribution in [3.63, 3.8) is 0 Å².